The molecule has 2 rings (SSSR count). The number of nitrogens with one attached hydrogen (secondary N) is 1. The highest BCUT2D eigenvalue weighted by atomic mass is 19.1. The molecule has 0 spiro atoms. The van der Waals surface area contributed by atoms with E-state index >= 15 is 0 Å². The van der Waals surface area contributed by atoms with Gasteiger partial charge in [0.25, 0.3) is 0 Å². The molecule has 1 aromatic rings. The van der Waals surface area contributed by atoms with Crippen LogP contribution in [0.2, 0.25) is 0 Å². The second kappa shape index (κ2) is 21.9. The van der Waals surface area contributed by atoms with E-state index in [0.717, 1.165) is 6.42 Å². The molecule has 0 bridgehead atoms. The molecule has 11 nitrogen and oxygen atoms in total. The molecule has 1 fully saturated rings. The van der Waals surface area contributed by atoms with Gasteiger partial charge in [-0.25, -0.2) is 4.39 Å². The lowest BCUT2D eigenvalue weighted by atomic mass is 9.84. The van der Waals surface area contributed by atoms with Crippen LogP contribution in [-0.4, -0.2) is 117 Å². The smallest absolute Gasteiger partial charge is 0.226 e. The fraction of sp³-hybridized carbons (Fsp3) is 0.738. The fourth-order valence-corrected chi connectivity index (χ4v) is 8.05. The molecule has 306 valence electrons. The van der Waals surface area contributed by atoms with Crippen LogP contribution in [0, 0.1) is 41.3 Å². The minimum Gasteiger partial charge on any atom is -0.380 e. The summed E-state index contributed by atoms with van der Waals surface area (Å²) in [6, 6.07) is 3.95. The highest BCUT2D eigenvalue weighted by Crippen LogP contribution is 2.32. The molecule has 0 saturated carbocycles. The van der Waals surface area contributed by atoms with Crippen molar-refractivity contribution in [1.29, 1.82) is 0 Å². The van der Waals surface area contributed by atoms with Crippen LogP contribution in [0.3, 0.4) is 0 Å². The summed E-state index contributed by atoms with van der Waals surface area (Å²) in [5.41, 5.74) is 0.334. The predicted octanol–water partition coefficient (Wildman–Crippen LogP) is 5.62. The first-order chi connectivity index (χ1) is 25.4. The summed E-state index contributed by atoms with van der Waals surface area (Å²) in [4.78, 5) is 72.0. The number of carbonyl (C=O) groups excluding carboxylic acids is 5. The van der Waals surface area contributed by atoms with E-state index in [-0.39, 0.29) is 78.3 Å². The van der Waals surface area contributed by atoms with Crippen molar-refractivity contribution in [2.45, 2.75) is 124 Å². The van der Waals surface area contributed by atoms with Crippen molar-refractivity contribution in [1.82, 2.24) is 15.1 Å². The molecule has 0 radical (unpaired) electrons. The maximum absolute atomic E-state index is 14.3. The van der Waals surface area contributed by atoms with E-state index in [0.29, 0.717) is 18.5 Å². The normalized spacial score (nSPS) is 20.6. The lowest BCUT2D eigenvalue weighted by Gasteiger charge is -2.41. The van der Waals surface area contributed by atoms with Crippen LogP contribution in [-0.2, 0) is 33.4 Å². The van der Waals surface area contributed by atoms with Gasteiger partial charge in [0.2, 0.25) is 11.8 Å². The molecule has 1 saturated heterocycles. The average molecular weight is 762 g/mol. The summed E-state index contributed by atoms with van der Waals surface area (Å²) in [5, 5.41) is 3.10. The van der Waals surface area contributed by atoms with Gasteiger partial charge in [-0.15, -0.1) is 0 Å². The van der Waals surface area contributed by atoms with Gasteiger partial charge in [-0.3, -0.25) is 24.0 Å². The maximum Gasteiger partial charge on any atom is 0.226 e. The van der Waals surface area contributed by atoms with E-state index in [1.165, 1.54) is 31.4 Å². The standard InChI is InChI=1S/C42H68FN3O8/c1-14-26(6)39(45(10)42(51)32(24(2)3)21-35(48)38(44-9)25(4)5)36(53-12)22-37(49)46-23-31(52-11)20-33(46)41(54-13)28(8)34(47)19-27(7)40(50)29-15-17-30(43)18-16-29/h15-18,24-28,31-33,36,38-39,41,44H,14,19-23H2,1-13H3/t26-,27-,28-,31+,32-,33?,36+,38-,39-,41+/m0/s1. The van der Waals surface area contributed by atoms with Crippen LogP contribution in [0.5, 0.6) is 0 Å². The molecule has 12 heteroatoms. The molecule has 1 N–H and O–H groups in total. The Morgan fingerprint density at radius 3 is 1.98 bits per heavy atom. The minimum atomic E-state index is -0.679. The molecule has 1 aliphatic rings. The first-order valence-corrected chi connectivity index (χ1v) is 19.6. The first-order valence-electron chi connectivity index (χ1n) is 19.6. The Kier molecular flexibility index (Phi) is 19.1. The predicted molar refractivity (Wildman–Crippen MR) is 207 cm³/mol. The Labute approximate surface area is 323 Å². The number of halogens is 1. The summed E-state index contributed by atoms with van der Waals surface area (Å²) in [7, 11) is 8.14. The Balaban J connectivity index is 2.32. The highest BCUT2D eigenvalue weighted by molar-refractivity contribution is 6.00. The Morgan fingerprint density at radius 1 is 0.889 bits per heavy atom. The van der Waals surface area contributed by atoms with E-state index in [1.807, 2.05) is 41.5 Å². The molecule has 10 atom stereocenters. The van der Waals surface area contributed by atoms with Crippen LogP contribution in [0.15, 0.2) is 24.3 Å². The van der Waals surface area contributed by atoms with Gasteiger partial charge < -0.3 is 29.3 Å². The van der Waals surface area contributed by atoms with Crippen molar-refractivity contribution < 1.29 is 42.6 Å². The summed E-state index contributed by atoms with van der Waals surface area (Å²) < 4.78 is 31.1. The van der Waals surface area contributed by atoms with Gasteiger partial charge in [0.1, 0.15) is 11.6 Å². The molecule has 0 aromatic heterocycles. The summed E-state index contributed by atoms with van der Waals surface area (Å²) in [6.07, 6.45) is -0.415. The molecule has 1 unspecified atom stereocenters. The Morgan fingerprint density at radius 2 is 1.50 bits per heavy atom. The number of ether oxygens (including phenoxy) is 3. The van der Waals surface area contributed by atoms with E-state index in [4.69, 9.17) is 14.2 Å². The zero-order valence-electron chi connectivity index (χ0n) is 35.0. The molecule has 1 heterocycles. The maximum atomic E-state index is 14.3. The van der Waals surface area contributed by atoms with Crippen molar-refractivity contribution in [2.24, 2.45) is 35.5 Å². The number of hydrogen-bond acceptors (Lipinski definition) is 9. The zero-order chi connectivity index (χ0) is 41.0. The van der Waals surface area contributed by atoms with E-state index in [2.05, 4.69) is 5.32 Å². The van der Waals surface area contributed by atoms with Crippen molar-refractivity contribution in [3.8, 4) is 0 Å². The summed E-state index contributed by atoms with van der Waals surface area (Å²) in [5.74, 6) is -3.15. The number of amides is 2. The van der Waals surface area contributed by atoms with Crippen LogP contribution in [0.25, 0.3) is 0 Å². The van der Waals surface area contributed by atoms with Gasteiger partial charge in [-0.05, 0) is 55.5 Å². The number of rotatable bonds is 23. The highest BCUT2D eigenvalue weighted by Gasteiger charge is 2.45. The van der Waals surface area contributed by atoms with Gasteiger partial charge in [0.15, 0.2) is 11.6 Å². The lowest BCUT2D eigenvalue weighted by Crippen LogP contribution is -2.54. The van der Waals surface area contributed by atoms with Crippen LogP contribution < -0.4 is 5.32 Å². The Hall–Kier alpha value is -3.06. The summed E-state index contributed by atoms with van der Waals surface area (Å²) in [6.45, 7) is 15.6. The third-order valence-electron chi connectivity index (χ3n) is 11.6. The quantitative estimate of drug-likeness (QED) is 0.141. The number of benzene rings is 1. The molecule has 0 aliphatic carbocycles. The number of methoxy groups -OCH3 is 3. The van der Waals surface area contributed by atoms with Gasteiger partial charge in [-0.2, -0.15) is 0 Å². The van der Waals surface area contributed by atoms with Crippen molar-refractivity contribution in [2.75, 3.05) is 42.0 Å². The third kappa shape index (κ3) is 12.0. The number of Topliss-reactive ketones (excluding diaryl/α,β-unsaturated/α-hetero) is 3. The van der Waals surface area contributed by atoms with Crippen LogP contribution in [0.4, 0.5) is 4.39 Å². The molecule has 54 heavy (non-hydrogen) atoms. The zero-order valence-corrected chi connectivity index (χ0v) is 35.0. The lowest BCUT2D eigenvalue weighted by molar-refractivity contribution is -0.149. The van der Waals surface area contributed by atoms with Gasteiger partial charge in [-0.1, -0.05) is 61.8 Å². The molecule has 1 aliphatic heterocycles. The monoisotopic (exact) mass is 761 g/mol. The summed E-state index contributed by atoms with van der Waals surface area (Å²) >= 11 is 0. The van der Waals surface area contributed by atoms with Gasteiger partial charge in [0, 0.05) is 71.1 Å². The van der Waals surface area contributed by atoms with Crippen molar-refractivity contribution in [3.63, 3.8) is 0 Å². The van der Waals surface area contributed by atoms with Gasteiger partial charge in [0.05, 0.1) is 42.9 Å². The number of carbonyl (C=O) groups is 5. The number of likely N-dealkylation sites (tertiary alicyclic amines) is 1. The SMILES string of the molecule is CC[C@H](C)[C@@H]([C@@H](CC(=O)N1C[C@H](OC)CC1[C@H](OC)[C@@H](C)C(=O)C[C@H](C)C(=O)c1ccc(F)cc1)OC)N(C)C(=O)[C@@H](CC(=O)[C@@H](NC)C(C)C)C(C)C. The molecular formula is C42H68FN3O8. The second-order valence-corrected chi connectivity index (χ2v) is 16.0. The molecular weight excluding hydrogens is 693 g/mol. The van der Waals surface area contributed by atoms with E-state index in [1.54, 1.807) is 52.0 Å². The Bertz CT molecular complexity index is 1390. The molecule has 1 aromatic carbocycles. The molecule has 2 amide bonds. The van der Waals surface area contributed by atoms with Crippen molar-refractivity contribution in [3.05, 3.63) is 35.6 Å². The largest absolute Gasteiger partial charge is 0.380 e. The number of hydrogen-bond donors (Lipinski definition) is 1. The van der Waals surface area contributed by atoms with Crippen LogP contribution in [0.1, 0.15) is 97.9 Å². The fourth-order valence-electron chi connectivity index (χ4n) is 8.05. The van der Waals surface area contributed by atoms with Crippen LogP contribution >= 0.6 is 0 Å². The van der Waals surface area contributed by atoms with E-state index < -0.39 is 47.9 Å². The number of nitrogens with zero attached hydrogens (tertiary/aromatic N) is 2. The topological polar surface area (TPSA) is 132 Å². The first kappa shape index (κ1) is 47.1. The third-order valence-corrected chi connectivity index (χ3v) is 11.6. The minimum absolute atomic E-state index is 0.00590. The number of ketones is 3. The van der Waals surface area contributed by atoms with Gasteiger partial charge >= 0.3 is 0 Å². The second-order valence-electron chi connectivity index (χ2n) is 16.0. The van der Waals surface area contributed by atoms with E-state index in [9.17, 15) is 28.4 Å². The average Bonchev–Trinajstić information content (AvgIpc) is 3.57. The number of likely N-dealkylation sites (N-methyl/N-ethyl adjacent to an activating group) is 2. The van der Waals surface area contributed by atoms with Crippen molar-refractivity contribution >= 4 is 29.2 Å².